The van der Waals surface area contributed by atoms with E-state index >= 15 is 0 Å². The van der Waals surface area contributed by atoms with Crippen molar-refractivity contribution in [3.8, 4) is 0 Å². The lowest BCUT2D eigenvalue weighted by Crippen LogP contribution is -2.42. The number of hydrogen-bond acceptors (Lipinski definition) is 10. The lowest BCUT2D eigenvalue weighted by atomic mass is 10.2. The van der Waals surface area contributed by atoms with Gasteiger partial charge in [0.1, 0.15) is 0 Å². The number of carbonyl (C=O) groups excluding carboxylic acids is 4. The number of nitrogens with one attached hydrogen (secondary N) is 2. The van der Waals surface area contributed by atoms with Gasteiger partial charge in [-0.3, -0.25) is 0 Å². The maximum Gasteiger partial charge on any atom is 0.350 e. The van der Waals surface area contributed by atoms with Crippen LogP contribution in [0.15, 0.2) is 35.7 Å². The number of halogens is 2. The molecule has 0 radical (unpaired) electrons. The Hall–Kier alpha value is -3.24. The summed E-state index contributed by atoms with van der Waals surface area (Å²) in [6.45, 7) is 5.72. The Morgan fingerprint density at radius 1 is 0.656 bits per heavy atom. The fourth-order valence-corrected chi connectivity index (χ4v) is 3.07. The van der Waals surface area contributed by atoms with Gasteiger partial charge in [-0.1, -0.05) is 23.2 Å². The molecule has 0 unspecified atom stereocenters. The van der Waals surface area contributed by atoms with E-state index in [-0.39, 0.29) is 32.6 Å². The first-order valence-electron chi connectivity index (χ1n) is 9.14. The SMILES string of the molecule is CC1(C)OC(=O)C(=CNc2ccc(NC=C3C(=O)OC(C)(C)OC3=O)c(Cl)c2Cl)C(=O)O1. The highest BCUT2D eigenvalue weighted by atomic mass is 35.5. The van der Waals surface area contributed by atoms with Crippen LogP contribution >= 0.6 is 23.2 Å². The van der Waals surface area contributed by atoms with Gasteiger partial charge in [0.05, 0.1) is 21.4 Å². The summed E-state index contributed by atoms with van der Waals surface area (Å²) in [5.41, 5.74) is -0.210. The van der Waals surface area contributed by atoms with E-state index in [1.807, 2.05) is 0 Å². The third-order valence-corrected chi connectivity index (χ3v) is 4.94. The van der Waals surface area contributed by atoms with Crippen LogP contribution in [-0.2, 0) is 38.1 Å². The predicted octanol–water partition coefficient (Wildman–Crippen LogP) is 3.26. The molecule has 3 rings (SSSR count). The quantitative estimate of drug-likeness (QED) is 0.373. The second kappa shape index (κ2) is 8.36. The van der Waals surface area contributed by atoms with Gasteiger partial charge in [0.2, 0.25) is 0 Å². The number of anilines is 2. The molecule has 1 aromatic carbocycles. The first-order chi connectivity index (χ1) is 14.8. The molecule has 1 aromatic rings. The van der Waals surface area contributed by atoms with Crippen LogP contribution in [0.3, 0.4) is 0 Å². The molecule has 12 heteroatoms. The molecule has 0 aromatic heterocycles. The average molecular weight is 485 g/mol. The Labute approximate surface area is 192 Å². The third-order valence-electron chi connectivity index (χ3n) is 4.06. The fourth-order valence-electron chi connectivity index (χ4n) is 2.63. The minimum absolute atomic E-state index is 0.0275. The Balaban J connectivity index is 1.76. The molecule has 0 bridgehead atoms. The van der Waals surface area contributed by atoms with Crippen molar-refractivity contribution < 1.29 is 38.1 Å². The zero-order valence-corrected chi connectivity index (χ0v) is 18.8. The Kier molecular flexibility index (Phi) is 6.12. The smallest absolute Gasteiger partial charge is 0.350 e. The number of cyclic esters (lactones) is 4. The molecule has 0 atom stereocenters. The van der Waals surface area contributed by atoms with Crippen LogP contribution in [0.25, 0.3) is 0 Å². The zero-order chi connectivity index (χ0) is 23.8. The van der Waals surface area contributed by atoms with Crippen molar-refractivity contribution in [2.75, 3.05) is 10.6 Å². The van der Waals surface area contributed by atoms with Crippen molar-refractivity contribution in [2.45, 2.75) is 39.3 Å². The number of carbonyl (C=O) groups is 4. The fraction of sp³-hybridized carbons (Fsp3) is 0.300. The average Bonchev–Trinajstić information content (AvgIpc) is 2.63. The molecule has 2 fully saturated rings. The molecule has 0 amide bonds. The molecule has 2 aliphatic heterocycles. The number of ether oxygens (including phenoxy) is 4. The molecule has 32 heavy (non-hydrogen) atoms. The highest BCUT2D eigenvalue weighted by molar-refractivity contribution is 6.45. The van der Waals surface area contributed by atoms with Crippen molar-refractivity contribution >= 4 is 58.5 Å². The Morgan fingerprint density at radius 2 is 0.938 bits per heavy atom. The van der Waals surface area contributed by atoms with Gasteiger partial charge in [-0.25, -0.2) is 19.2 Å². The largest absolute Gasteiger partial charge is 0.419 e. The number of hydrogen-bond donors (Lipinski definition) is 2. The van der Waals surface area contributed by atoms with Crippen molar-refractivity contribution in [3.05, 3.63) is 45.7 Å². The number of benzene rings is 1. The predicted molar refractivity (Wildman–Crippen MR) is 112 cm³/mol. The monoisotopic (exact) mass is 484 g/mol. The molecule has 0 aliphatic carbocycles. The molecule has 2 aliphatic rings. The summed E-state index contributed by atoms with van der Waals surface area (Å²) in [6, 6.07) is 2.96. The van der Waals surface area contributed by atoms with E-state index in [9.17, 15) is 19.2 Å². The molecule has 2 heterocycles. The number of esters is 4. The van der Waals surface area contributed by atoms with Crippen LogP contribution in [0, 0.1) is 0 Å². The Bertz CT molecular complexity index is 962. The van der Waals surface area contributed by atoms with Crippen molar-refractivity contribution in [1.82, 2.24) is 0 Å². The van der Waals surface area contributed by atoms with Crippen LogP contribution < -0.4 is 10.6 Å². The molecule has 170 valence electrons. The lowest BCUT2D eigenvalue weighted by Gasteiger charge is -2.29. The second-order valence-electron chi connectivity index (χ2n) is 7.55. The first kappa shape index (κ1) is 23.4. The van der Waals surface area contributed by atoms with Gasteiger partial charge in [-0.05, 0) is 12.1 Å². The molecule has 0 saturated carbocycles. The summed E-state index contributed by atoms with van der Waals surface area (Å²) in [5.74, 6) is -6.16. The highest BCUT2D eigenvalue weighted by Gasteiger charge is 2.40. The normalized spacial score (nSPS) is 19.3. The maximum absolute atomic E-state index is 12.0. The standard InChI is InChI=1S/C20H18Cl2N2O8/c1-19(2)29-15(25)9(16(26)30-19)7-23-11-5-6-12(14(22)13(11)21)24-8-10-17(27)31-20(3,4)32-18(10)28/h5-8,23-24H,1-4H3. The van der Waals surface area contributed by atoms with E-state index < -0.39 is 35.5 Å². The Morgan fingerprint density at radius 3 is 1.22 bits per heavy atom. The molecule has 0 spiro atoms. The molecular formula is C20H18Cl2N2O8. The summed E-state index contributed by atoms with van der Waals surface area (Å²) < 4.78 is 20.0. The van der Waals surface area contributed by atoms with E-state index in [2.05, 4.69) is 10.6 Å². The van der Waals surface area contributed by atoms with E-state index in [1.54, 1.807) is 0 Å². The van der Waals surface area contributed by atoms with Crippen LogP contribution in [0.4, 0.5) is 11.4 Å². The van der Waals surface area contributed by atoms with E-state index in [4.69, 9.17) is 42.1 Å². The second-order valence-corrected chi connectivity index (χ2v) is 8.31. The van der Waals surface area contributed by atoms with E-state index in [0.29, 0.717) is 0 Å². The summed E-state index contributed by atoms with van der Waals surface area (Å²) >= 11 is 12.5. The van der Waals surface area contributed by atoms with Gasteiger partial charge in [-0.15, -0.1) is 0 Å². The minimum Gasteiger partial charge on any atom is -0.419 e. The highest BCUT2D eigenvalue weighted by Crippen LogP contribution is 2.36. The van der Waals surface area contributed by atoms with Gasteiger partial charge in [0, 0.05) is 40.1 Å². The van der Waals surface area contributed by atoms with Gasteiger partial charge in [0.25, 0.3) is 11.6 Å². The van der Waals surface area contributed by atoms with Gasteiger partial charge in [-0.2, -0.15) is 0 Å². The minimum atomic E-state index is -1.36. The van der Waals surface area contributed by atoms with Crippen LogP contribution in [0.1, 0.15) is 27.7 Å². The molecular weight excluding hydrogens is 467 g/mol. The van der Waals surface area contributed by atoms with Crippen LogP contribution in [0.5, 0.6) is 0 Å². The summed E-state index contributed by atoms with van der Waals surface area (Å²) in [6.07, 6.45) is 2.17. The number of rotatable bonds is 4. The molecule has 2 N–H and O–H groups in total. The van der Waals surface area contributed by atoms with Gasteiger partial charge >= 0.3 is 23.9 Å². The van der Waals surface area contributed by atoms with Crippen molar-refractivity contribution in [1.29, 1.82) is 0 Å². The summed E-state index contributed by atoms with van der Waals surface area (Å²) in [5, 5.41) is 5.45. The molecule has 2 saturated heterocycles. The van der Waals surface area contributed by atoms with Crippen LogP contribution in [0.2, 0.25) is 10.0 Å². The summed E-state index contributed by atoms with van der Waals surface area (Å²) in [7, 11) is 0. The first-order valence-corrected chi connectivity index (χ1v) is 9.90. The zero-order valence-electron chi connectivity index (χ0n) is 17.3. The van der Waals surface area contributed by atoms with E-state index in [1.165, 1.54) is 39.8 Å². The van der Waals surface area contributed by atoms with Gasteiger partial charge in [0.15, 0.2) is 11.1 Å². The van der Waals surface area contributed by atoms with Crippen molar-refractivity contribution in [2.24, 2.45) is 0 Å². The van der Waals surface area contributed by atoms with Crippen LogP contribution in [-0.4, -0.2) is 35.5 Å². The molecule has 10 nitrogen and oxygen atoms in total. The van der Waals surface area contributed by atoms with Crippen molar-refractivity contribution in [3.63, 3.8) is 0 Å². The van der Waals surface area contributed by atoms with E-state index in [0.717, 1.165) is 12.4 Å². The topological polar surface area (TPSA) is 129 Å². The lowest BCUT2D eigenvalue weighted by molar-refractivity contribution is -0.224. The summed E-state index contributed by atoms with van der Waals surface area (Å²) in [4.78, 5) is 48.0. The maximum atomic E-state index is 12.0. The third kappa shape index (κ3) is 4.97. The van der Waals surface area contributed by atoms with Gasteiger partial charge < -0.3 is 29.6 Å².